The van der Waals surface area contributed by atoms with Gasteiger partial charge in [0.2, 0.25) is 0 Å². The predicted octanol–water partition coefficient (Wildman–Crippen LogP) is 2.73. The van der Waals surface area contributed by atoms with Crippen LogP contribution in [0, 0.1) is 13.8 Å². The van der Waals surface area contributed by atoms with Crippen molar-refractivity contribution in [1.29, 1.82) is 0 Å². The van der Waals surface area contributed by atoms with E-state index >= 15 is 0 Å². The Balaban J connectivity index is 0.00000112. The van der Waals surface area contributed by atoms with Crippen LogP contribution in [0.15, 0.2) is 70.6 Å². The maximum Gasteiger partial charge on any atom is 2.00 e. The molecule has 0 amide bonds. The number of nitrogens with zero attached hydrogens (tertiary/aromatic N) is 2. The van der Waals surface area contributed by atoms with Crippen molar-refractivity contribution in [2.45, 2.75) is 27.7 Å². The molecule has 0 aliphatic rings. The fourth-order valence-electron chi connectivity index (χ4n) is 2.47. The number of aliphatic imine (C=N–C) groups is 2. The molecule has 0 aliphatic heterocycles. The summed E-state index contributed by atoms with van der Waals surface area (Å²) >= 11 is 0. The molecule has 2 N–H and O–H groups in total. The number of aromatic hydroxyl groups is 2. The second-order valence-electron chi connectivity index (χ2n) is 7.14. The minimum atomic E-state index is -1.08. The monoisotopic (exact) mass is 521 g/mol. The van der Waals surface area contributed by atoms with Crippen LogP contribution in [0.3, 0.4) is 0 Å². The SMILES string of the molecule is CC(=O)[O-].CC(=O)[O-].Cc1ccc(O)c(C=Nc2ccc(N=Cc3cc(C)ccc3O)cc2)c1.[Co+2]. The number of aliphatic carboxylic acids is 2. The maximum atomic E-state index is 9.85. The first kappa shape index (κ1) is 31.0. The topological polar surface area (TPSA) is 145 Å². The van der Waals surface area contributed by atoms with Crippen LogP contribution in [0.2, 0.25) is 0 Å². The van der Waals surface area contributed by atoms with Crippen molar-refractivity contribution in [1.82, 2.24) is 0 Å². The van der Waals surface area contributed by atoms with Crippen molar-refractivity contribution in [3.63, 3.8) is 0 Å². The van der Waals surface area contributed by atoms with Gasteiger partial charge in [-0.2, -0.15) is 0 Å². The molecule has 0 aliphatic carbocycles. The van der Waals surface area contributed by atoms with Gasteiger partial charge in [0.1, 0.15) is 11.5 Å². The number of benzene rings is 3. The first-order valence-electron chi connectivity index (χ1n) is 10.1. The molecule has 0 spiro atoms. The Morgan fingerprint density at radius 1 is 0.686 bits per heavy atom. The molecule has 0 aromatic heterocycles. The van der Waals surface area contributed by atoms with Crippen LogP contribution in [0.5, 0.6) is 11.5 Å². The molecular formula is C26H26CoN2O6. The van der Waals surface area contributed by atoms with Crippen LogP contribution < -0.4 is 10.2 Å². The fourth-order valence-corrected chi connectivity index (χ4v) is 2.47. The van der Waals surface area contributed by atoms with E-state index in [0.717, 1.165) is 36.3 Å². The number of carbonyl (C=O) groups is 2. The van der Waals surface area contributed by atoms with Crippen molar-refractivity contribution < 1.29 is 46.8 Å². The van der Waals surface area contributed by atoms with E-state index in [9.17, 15) is 10.2 Å². The third-order valence-electron chi connectivity index (χ3n) is 3.92. The molecule has 1 radical (unpaired) electrons. The van der Waals surface area contributed by atoms with Crippen LogP contribution in [0.4, 0.5) is 11.4 Å². The second kappa shape index (κ2) is 15.8. The molecule has 8 nitrogen and oxygen atoms in total. The average Bonchev–Trinajstić information content (AvgIpc) is 2.75. The van der Waals surface area contributed by atoms with Gasteiger partial charge in [-0.05, 0) is 76.2 Å². The summed E-state index contributed by atoms with van der Waals surface area (Å²) in [6.45, 7) is 5.88. The Kier molecular flexibility index (Phi) is 14.0. The van der Waals surface area contributed by atoms with Crippen molar-refractivity contribution in [3.8, 4) is 11.5 Å². The largest absolute Gasteiger partial charge is 2.00 e. The number of carboxylic acids is 2. The summed E-state index contributed by atoms with van der Waals surface area (Å²) in [6.07, 6.45) is 3.29. The van der Waals surface area contributed by atoms with E-state index in [1.165, 1.54) is 0 Å². The van der Waals surface area contributed by atoms with Crippen LogP contribution in [0.25, 0.3) is 0 Å². The van der Waals surface area contributed by atoms with Crippen molar-refractivity contribution in [3.05, 3.63) is 82.9 Å². The summed E-state index contributed by atoms with van der Waals surface area (Å²) in [5.41, 5.74) is 5.03. The quantitative estimate of drug-likeness (QED) is 0.505. The Morgan fingerprint density at radius 3 is 1.26 bits per heavy atom. The van der Waals surface area contributed by atoms with Gasteiger partial charge in [0.15, 0.2) is 0 Å². The van der Waals surface area contributed by atoms with E-state index in [2.05, 4.69) is 9.98 Å². The molecule has 185 valence electrons. The minimum Gasteiger partial charge on any atom is -0.550 e. The Morgan fingerprint density at radius 2 is 0.971 bits per heavy atom. The van der Waals surface area contributed by atoms with Gasteiger partial charge in [-0.3, -0.25) is 9.98 Å². The third-order valence-corrected chi connectivity index (χ3v) is 3.92. The van der Waals surface area contributed by atoms with E-state index < -0.39 is 11.9 Å². The van der Waals surface area contributed by atoms with E-state index in [0.29, 0.717) is 11.1 Å². The van der Waals surface area contributed by atoms with Gasteiger partial charge in [-0.25, -0.2) is 0 Å². The molecule has 3 rings (SSSR count). The van der Waals surface area contributed by atoms with Gasteiger partial charge in [-0.15, -0.1) is 0 Å². The number of carbonyl (C=O) groups excluding carboxylic acids is 2. The van der Waals surface area contributed by atoms with E-state index in [1.54, 1.807) is 24.6 Å². The average molecular weight is 521 g/mol. The number of hydrogen-bond acceptors (Lipinski definition) is 8. The van der Waals surface area contributed by atoms with Crippen molar-refractivity contribution >= 4 is 35.7 Å². The number of carboxylic acid groups (broad SMARTS) is 2. The molecule has 3 aromatic carbocycles. The van der Waals surface area contributed by atoms with Gasteiger partial charge >= 0.3 is 16.8 Å². The summed E-state index contributed by atoms with van der Waals surface area (Å²) in [5, 5.41) is 37.5. The smallest absolute Gasteiger partial charge is 0.550 e. The van der Waals surface area contributed by atoms with Crippen LogP contribution >= 0.6 is 0 Å². The molecular weight excluding hydrogens is 495 g/mol. The van der Waals surface area contributed by atoms with E-state index in [1.807, 2.05) is 62.4 Å². The van der Waals surface area contributed by atoms with Crippen LogP contribution in [-0.4, -0.2) is 34.6 Å². The van der Waals surface area contributed by atoms with Gasteiger partial charge in [0, 0.05) is 35.5 Å². The molecule has 0 saturated heterocycles. The van der Waals surface area contributed by atoms with Crippen LogP contribution in [0.1, 0.15) is 36.1 Å². The summed E-state index contributed by atoms with van der Waals surface area (Å²) in [7, 11) is 0. The third kappa shape index (κ3) is 13.4. The van der Waals surface area contributed by atoms with Gasteiger partial charge in [0.25, 0.3) is 0 Å². The number of phenolic OH excluding ortho intramolecular Hbond substituents is 2. The summed E-state index contributed by atoms with van der Waals surface area (Å²) < 4.78 is 0. The number of rotatable bonds is 4. The zero-order valence-electron chi connectivity index (χ0n) is 19.7. The normalized spacial score (nSPS) is 9.94. The molecule has 9 heteroatoms. The number of hydrogen-bond donors (Lipinski definition) is 2. The molecule has 0 bridgehead atoms. The molecule has 0 unspecified atom stereocenters. The summed E-state index contributed by atoms with van der Waals surface area (Å²) in [6, 6.07) is 18.2. The predicted molar refractivity (Wildman–Crippen MR) is 128 cm³/mol. The zero-order chi connectivity index (χ0) is 25.7. The molecule has 0 saturated carbocycles. The van der Waals surface area contributed by atoms with Crippen LogP contribution in [-0.2, 0) is 26.4 Å². The Labute approximate surface area is 214 Å². The zero-order valence-corrected chi connectivity index (χ0v) is 20.7. The standard InChI is InChI=1S/C22H20N2O2.2C2H4O2.Co/c1-15-3-9-21(25)17(11-15)13-23-19-5-7-20(8-6-19)24-14-18-12-16(2)4-10-22(18)26;2*1-2(3)4;/h3-14,25-26H,1-2H3;2*1H3,(H,3,4);/q;;;+2/p-2. The Hall–Kier alpha value is -3.95. The number of aryl methyl sites for hydroxylation is 2. The molecule has 35 heavy (non-hydrogen) atoms. The first-order valence-corrected chi connectivity index (χ1v) is 10.1. The minimum absolute atomic E-state index is 0. The van der Waals surface area contributed by atoms with Crippen molar-refractivity contribution in [2.24, 2.45) is 9.98 Å². The fraction of sp³-hybridized carbons (Fsp3) is 0.154. The summed E-state index contributed by atoms with van der Waals surface area (Å²) in [5.74, 6) is -1.75. The van der Waals surface area contributed by atoms with E-state index in [-0.39, 0.29) is 28.3 Å². The van der Waals surface area contributed by atoms with Gasteiger partial charge in [-0.1, -0.05) is 23.3 Å². The Bertz CT molecular complexity index is 1070. The molecule has 0 atom stereocenters. The maximum absolute atomic E-state index is 9.85. The molecule has 3 aromatic rings. The van der Waals surface area contributed by atoms with E-state index in [4.69, 9.17) is 19.8 Å². The van der Waals surface area contributed by atoms with Crippen molar-refractivity contribution in [2.75, 3.05) is 0 Å². The molecule has 0 fully saturated rings. The van der Waals surface area contributed by atoms with Gasteiger partial charge in [0.05, 0.1) is 11.4 Å². The second-order valence-corrected chi connectivity index (χ2v) is 7.14. The summed E-state index contributed by atoms with van der Waals surface area (Å²) in [4.78, 5) is 26.6. The number of phenols is 2. The van der Waals surface area contributed by atoms with Gasteiger partial charge < -0.3 is 30.0 Å². The molecule has 0 heterocycles. The first-order chi connectivity index (χ1) is 16.0.